The number of likely N-dealkylation sites (tertiary alicyclic amines) is 1. The van der Waals surface area contributed by atoms with Gasteiger partial charge in [0.15, 0.2) is 5.82 Å². The van der Waals surface area contributed by atoms with Crippen molar-refractivity contribution in [3.63, 3.8) is 0 Å². The van der Waals surface area contributed by atoms with Crippen LogP contribution in [-0.2, 0) is 23.1 Å². The fraction of sp³-hybridized carbons (Fsp3) is 0.484. The second kappa shape index (κ2) is 10.8. The van der Waals surface area contributed by atoms with Crippen LogP contribution >= 0.6 is 0 Å². The zero-order valence-electron chi connectivity index (χ0n) is 24.5. The molecule has 3 aromatic heterocycles. The number of nitrogens with zero attached hydrogens (tertiary/aromatic N) is 8. The Bertz CT molecular complexity index is 1720. The average molecular weight is 569 g/mol. The number of ether oxygens (including phenoxy) is 1. The summed E-state index contributed by atoms with van der Waals surface area (Å²) in [6, 6.07) is 11.4. The molecular weight excluding hydrogens is 532 g/mol. The maximum absolute atomic E-state index is 13.7. The second-order valence-corrected chi connectivity index (χ2v) is 12.6. The molecule has 0 N–H and O–H groups in total. The number of hydrogen-bond donors (Lipinski definition) is 0. The number of pyridine rings is 1. The zero-order valence-corrected chi connectivity index (χ0v) is 24.5. The van der Waals surface area contributed by atoms with Crippen molar-refractivity contribution in [2.24, 2.45) is 24.0 Å². The highest BCUT2D eigenvalue weighted by Crippen LogP contribution is 2.36. The lowest BCUT2D eigenvalue weighted by Gasteiger charge is -2.36. The van der Waals surface area contributed by atoms with Crippen molar-refractivity contribution < 1.29 is 14.3 Å². The van der Waals surface area contributed by atoms with Crippen LogP contribution in [0.1, 0.15) is 56.8 Å². The van der Waals surface area contributed by atoms with Gasteiger partial charge in [0.05, 0.1) is 23.1 Å². The molecule has 6 rings (SSSR count). The number of aromatic nitrogens is 4. The van der Waals surface area contributed by atoms with Gasteiger partial charge in [-0.15, -0.1) is 0 Å². The summed E-state index contributed by atoms with van der Waals surface area (Å²) < 4.78 is 9.85. The van der Waals surface area contributed by atoms with E-state index in [2.05, 4.69) is 36.3 Å². The number of rotatable bonds is 7. The summed E-state index contributed by atoms with van der Waals surface area (Å²) in [5.74, 6) is 0.685. The van der Waals surface area contributed by atoms with Gasteiger partial charge in [-0.1, -0.05) is 5.11 Å². The summed E-state index contributed by atoms with van der Waals surface area (Å²) in [6.07, 6.45) is 4.86. The monoisotopic (exact) mass is 568 g/mol. The maximum Gasteiger partial charge on any atom is 0.306 e. The topological polar surface area (TPSA) is 131 Å². The van der Waals surface area contributed by atoms with E-state index in [1.807, 2.05) is 58.3 Å². The van der Waals surface area contributed by atoms with E-state index in [4.69, 9.17) is 15.3 Å². The van der Waals surface area contributed by atoms with Gasteiger partial charge in [0.2, 0.25) is 0 Å². The van der Waals surface area contributed by atoms with E-state index in [0.29, 0.717) is 31.0 Å². The number of imidazole rings is 1. The third kappa shape index (κ3) is 5.56. The van der Waals surface area contributed by atoms with Gasteiger partial charge < -0.3 is 18.8 Å². The Kier molecular flexibility index (Phi) is 7.14. The first kappa shape index (κ1) is 27.8. The summed E-state index contributed by atoms with van der Waals surface area (Å²) in [4.78, 5) is 40.7. The third-order valence-corrected chi connectivity index (χ3v) is 8.18. The average Bonchev–Trinajstić information content (AvgIpc) is 3.62. The predicted octanol–water partition coefficient (Wildman–Crippen LogP) is 5.87. The minimum Gasteiger partial charge on any atom is -0.460 e. The van der Waals surface area contributed by atoms with Gasteiger partial charge in [-0.2, -0.15) is 0 Å². The molecule has 2 atom stereocenters. The molecule has 1 aliphatic heterocycles. The number of esters is 1. The zero-order chi connectivity index (χ0) is 29.6. The number of fused-ring (bicyclic) bond motifs is 2. The molecule has 1 amide bonds. The predicted molar refractivity (Wildman–Crippen MR) is 160 cm³/mol. The molecule has 2 aliphatic rings. The van der Waals surface area contributed by atoms with E-state index in [0.717, 1.165) is 40.1 Å². The van der Waals surface area contributed by atoms with E-state index in [9.17, 15) is 9.59 Å². The fourth-order valence-electron chi connectivity index (χ4n) is 5.98. The minimum absolute atomic E-state index is 0.0804. The van der Waals surface area contributed by atoms with Gasteiger partial charge in [-0.3, -0.25) is 9.59 Å². The lowest BCUT2D eigenvalue weighted by Crippen LogP contribution is -2.46. The molecule has 0 unspecified atom stereocenters. The molecule has 1 aromatic carbocycles. The van der Waals surface area contributed by atoms with Crippen LogP contribution < -0.4 is 0 Å². The molecule has 1 saturated heterocycles. The molecule has 2 fully saturated rings. The number of carbonyl (C=O) groups excluding carboxylic acids is 2. The number of amides is 1. The molecule has 1 aliphatic carbocycles. The van der Waals surface area contributed by atoms with E-state index in [1.54, 1.807) is 4.90 Å². The van der Waals surface area contributed by atoms with Crippen LogP contribution in [0.2, 0.25) is 0 Å². The van der Waals surface area contributed by atoms with Crippen molar-refractivity contribution in [1.82, 2.24) is 24.0 Å². The summed E-state index contributed by atoms with van der Waals surface area (Å²) in [5.41, 5.74) is 12.6. The van der Waals surface area contributed by atoms with E-state index < -0.39 is 5.60 Å². The SMILES string of the molecule is Cn1c(-c2cc3cccnc3n2CC2CC2)nc2cc(C(=O)N3CC[C@@H](N=[N+]=[N-])[C@@H](CC(=O)OC(C)(C)C)C3)ccc21. The van der Waals surface area contributed by atoms with Crippen LogP contribution in [0.5, 0.6) is 0 Å². The number of aryl methyl sites for hydroxylation is 1. The molecule has 0 bridgehead atoms. The Morgan fingerprint density at radius 3 is 2.71 bits per heavy atom. The molecule has 4 heterocycles. The number of azide groups is 1. The third-order valence-electron chi connectivity index (χ3n) is 8.18. The lowest BCUT2D eigenvalue weighted by atomic mass is 9.89. The molecule has 0 spiro atoms. The number of piperidine rings is 1. The smallest absolute Gasteiger partial charge is 0.306 e. The highest BCUT2D eigenvalue weighted by atomic mass is 16.6. The molecule has 1 saturated carbocycles. The molecule has 11 heteroatoms. The number of benzene rings is 1. The summed E-state index contributed by atoms with van der Waals surface area (Å²) in [6.45, 7) is 7.10. The van der Waals surface area contributed by atoms with Crippen molar-refractivity contribution >= 4 is 33.9 Å². The Balaban J connectivity index is 1.27. The number of hydrogen-bond acceptors (Lipinski definition) is 6. The van der Waals surface area contributed by atoms with Crippen LogP contribution in [0.25, 0.3) is 44.0 Å². The quantitative estimate of drug-likeness (QED) is 0.119. The Morgan fingerprint density at radius 1 is 1.17 bits per heavy atom. The minimum atomic E-state index is -0.616. The molecule has 4 aromatic rings. The first-order chi connectivity index (χ1) is 20.1. The number of carbonyl (C=O) groups is 2. The van der Waals surface area contributed by atoms with Crippen LogP contribution in [0.4, 0.5) is 0 Å². The molecule has 0 radical (unpaired) electrons. The standard InChI is InChI=1S/C31H36N8O3/c1-31(2,3)42-27(40)16-22-18-38(13-11-23(22)35-36-32)30(41)21-9-10-25-24(14-21)34-29(37(25)4)26-15-20-6-5-12-33-28(20)39(26)17-19-7-8-19/h5-6,9-10,12,14-15,19,22-23H,7-8,11,13,16-18H2,1-4H3/t22-,23+/m0/s1. The van der Waals surface area contributed by atoms with E-state index in [1.165, 1.54) is 12.8 Å². The fourth-order valence-corrected chi connectivity index (χ4v) is 5.98. The van der Waals surface area contributed by atoms with Crippen LogP contribution in [0.3, 0.4) is 0 Å². The van der Waals surface area contributed by atoms with Crippen molar-refractivity contribution in [3.8, 4) is 11.5 Å². The summed E-state index contributed by atoms with van der Waals surface area (Å²) in [5, 5.41) is 5.01. The molecular formula is C31H36N8O3. The summed E-state index contributed by atoms with van der Waals surface area (Å²) in [7, 11) is 2.00. The van der Waals surface area contributed by atoms with Crippen LogP contribution in [0, 0.1) is 11.8 Å². The van der Waals surface area contributed by atoms with E-state index >= 15 is 0 Å². The maximum atomic E-state index is 13.7. The van der Waals surface area contributed by atoms with Crippen molar-refractivity contribution in [1.29, 1.82) is 0 Å². The van der Waals surface area contributed by atoms with Gasteiger partial charge in [0.25, 0.3) is 5.91 Å². The molecule has 218 valence electrons. The summed E-state index contributed by atoms with van der Waals surface area (Å²) >= 11 is 0. The first-order valence-corrected chi connectivity index (χ1v) is 14.6. The Morgan fingerprint density at radius 2 is 1.98 bits per heavy atom. The second-order valence-electron chi connectivity index (χ2n) is 12.6. The molecule has 11 nitrogen and oxygen atoms in total. The van der Waals surface area contributed by atoms with Crippen molar-refractivity contribution in [2.75, 3.05) is 13.1 Å². The molecule has 42 heavy (non-hydrogen) atoms. The Labute approximate surface area is 244 Å². The Hall–Kier alpha value is -4.37. The first-order valence-electron chi connectivity index (χ1n) is 14.6. The van der Waals surface area contributed by atoms with Gasteiger partial charge >= 0.3 is 5.97 Å². The van der Waals surface area contributed by atoms with Gasteiger partial charge in [0.1, 0.15) is 11.2 Å². The highest BCUT2D eigenvalue weighted by molar-refractivity contribution is 5.98. The van der Waals surface area contributed by atoms with Gasteiger partial charge in [-0.05, 0) is 93.8 Å². The van der Waals surface area contributed by atoms with E-state index in [-0.39, 0.29) is 30.3 Å². The van der Waals surface area contributed by atoms with Gasteiger partial charge in [0, 0.05) is 54.8 Å². The lowest BCUT2D eigenvalue weighted by molar-refractivity contribution is -0.156. The normalized spacial score (nSPS) is 19.2. The highest BCUT2D eigenvalue weighted by Gasteiger charge is 2.34. The van der Waals surface area contributed by atoms with Crippen LogP contribution in [-0.4, -0.2) is 60.6 Å². The van der Waals surface area contributed by atoms with Crippen LogP contribution in [0.15, 0.2) is 47.7 Å². The van der Waals surface area contributed by atoms with Crippen molar-refractivity contribution in [3.05, 3.63) is 58.6 Å². The van der Waals surface area contributed by atoms with Gasteiger partial charge in [-0.25, -0.2) is 9.97 Å². The largest absolute Gasteiger partial charge is 0.460 e. The van der Waals surface area contributed by atoms with Crippen molar-refractivity contribution in [2.45, 2.75) is 64.6 Å².